The van der Waals surface area contributed by atoms with Crippen molar-refractivity contribution in [2.75, 3.05) is 20.8 Å². The Morgan fingerprint density at radius 2 is 2.05 bits per heavy atom. The lowest BCUT2D eigenvalue weighted by atomic mass is 9.81. The second-order valence-electron chi connectivity index (χ2n) is 4.94. The van der Waals surface area contributed by atoms with Crippen LogP contribution in [0.15, 0.2) is 11.6 Å². The van der Waals surface area contributed by atoms with Crippen LogP contribution in [-0.2, 0) is 23.1 Å². The first-order valence-electron chi connectivity index (χ1n) is 7.20. The summed E-state index contributed by atoms with van der Waals surface area (Å²) in [7, 11) is -1.17. The van der Waals surface area contributed by atoms with Gasteiger partial charge in [0.2, 0.25) is 0 Å². The molecule has 0 fully saturated rings. The predicted molar refractivity (Wildman–Crippen MR) is 79.2 cm³/mol. The third kappa shape index (κ3) is 3.09. The zero-order valence-electron chi connectivity index (χ0n) is 13.1. The van der Waals surface area contributed by atoms with Gasteiger partial charge < -0.3 is 18.9 Å². The number of carbonyl (C=O) groups is 1. The van der Waals surface area contributed by atoms with Gasteiger partial charge in [0, 0.05) is 14.2 Å². The molecule has 6 nitrogen and oxygen atoms in total. The van der Waals surface area contributed by atoms with E-state index < -0.39 is 24.8 Å². The largest absolute Gasteiger partial charge is 0.463 e. The molecule has 0 aromatic heterocycles. The van der Waals surface area contributed by atoms with Crippen LogP contribution in [-0.4, -0.2) is 43.2 Å². The minimum atomic E-state index is -3.71. The molecule has 2 atom stereocenters. The van der Waals surface area contributed by atoms with Crippen LogP contribution in [0.4, 0.5) is 0 Å². The molecule has 0 heterocycles. The van der Waals surface area contributed by atoms with E-state index in [1.165, 1.54) is 14.2 Å². The SMILES string of the molecule is CCOC(=O)C1=CCCCC1(C(O)CC)P(=O)(OC)OC. The highest BCUT2D eigenvalue weighted by Gasteiger charge is 2.59. The summed E-state index contributed by atoms with van der Waals surface area (Å²) in [5.41, 5.74) is 0.206. The molecule has 0 aliphatic heterocycles. The average Bonchev–Trinajstić information content (AvgIpc) is 2.53. The summed E-state index contributed by atoms with van der Waals surface area (Å²) in [4.78, 5) is 12.3. The highest BCUT2D eigenvalue weighted by molar-refractivity contribution is 7.56. The van der Waals surface area contributed by atoms with Gasteiger partial charge in [-0.05, 0) is 32.6 Å². The lowest BCUT2D eigenvalue weighted by Crippen LogP contribution is -2.48. The van der Waals surface area contributed by atoms with Crippen LogP contribution in [0.2, 0.25) is 0 Å². The van der Waals surface area contributed by atoms with E-state index in [0.717, 1.165) is 0 Å². The first-order valence-corrected chi connectivity index (χ1v) is 8.75. The number of esters is 1. The fourth-order valence-corrected chi connectivity index (χ4v) is 5.21. The normalized spacial score (nSPS) is 24.3. The lowest BCUT2D eigenvalue weighted by molar-refractivity contribution is -0.139. The maximum Gasteiger partial charge on any atom is 0.343 e. The molecule has 21 heavy (non-hydrogen) atoms. The van der Waals surface area contributed by atoms with Gasteiger partial charge in [0.05, 0.1) is 18.3 Å². The summed E-state index contributed by atoms with van der Waals surface area (Å²) in [5.74, 6) is -0.570. The molecule has 7 heteroatoms. The molecule has 0 aromatic rings. The number of hydrogen-bond acceptors (Lipinski definition) is 6. The zero-order valence-corrected chi connectivity index (χ0v) is 14.0. The highest BCUT2D eigenvalue weighted by atomic mass is 31.2. The molecule has 2 unspecified atom stereocenters. The van der Waals surface area contributed by atoms with Crippen LogP contribution >= 0.6 is 7.60 Å². The van der Waals surface area contributed by atoms with Crippen molar-refractivity contribution in [1.29, 1.82) is 0 Å². The van der Waals surface area contributed by atoms with E-state index in [-0.39, 0.29) is 12.2 Å². The first kappa shape index (κ1) is 18.4. The number of ether oxygens (including phenoxy) is 1. The molecule has 0 radical (unpaired) electrons. The smallest absolute Gasteiger partial charge is 0.343 e. The molecule has 0 bridgehead atoms. The fraction of sp³-hybridized carbons (Fsp3) is 0.786. The van der Waals surface area contributed by atoms with E-state index in [4.69, 9.17) is 13.8 Å². The Labute approximate surface area is 126 Å². The molecule has 0 saturated heterocycles. The third-order valence-corrected chi connectivity index (χ3v) is 6.68. The average molecular weight is 320 g/mol. The van der Waals surface area contributed by atoms with E-state index in [9.17, 15) is 14.5 Å². The Balaban J connectivity index is 3.47. The van der Waals surface area contributed by atoms with E-state index in [1.807, 2.05) is 0 Å². The molecule has 1 aliphatic rings. The zero-order chi connectivity index (χ0) is 16.1. The van der Waals surface area contributed by atoms with Gasteiger partial charge in [0.15, 0.2) is 0 Å². The summed E-state index contributed by atoms with van der Waals surface area (Å²) in [6.45, 7) is 3.67. The Morgan fingerprint density at radius 1 is 1.43 bits per heavy atom. The van der Waals surface area contributed by atoms with Crippen molar-refractivity contribution in [3.63, 3.8) is 0 Å². The number of aliphatic hydroxyl groups excluding tert-OH is 1. The fourth-order valence-electron chi connectivity index (χ4n) is 2.95. The Morgan fingerprint density at radius 3 is 2.52 bits per heavy atom. The summed E-state index contributed by atoms with van der Waals surface area (Å²) in [6, 6.07) is 0. The van der Waals surface area contributed by atoms with Crippen molar-refractivity contribution < 1.29 is 28.3 Å². The number of hydrogen-bond donors (Lipinski definition) is 1. The summed E-state index contributed by atoms with van der Waals surface area (Å²) in [5, 5.41) is 9.17. The Hall–Kier alpha value is -0.680. The molecule has 122 valence electrons. The lowest BCUT2D eigenvalue weighted by Gasteiger charge is -2.43. The van der Waals surface area contributed by atoms with E-state index >= 15 is 0 Å². The minimum absolute atomic E-state index is 0.206. The second-order valence-corrected chi connectivity index (χ2v) is 7.46. The standard InChI is InChI=1S/C14H25O6P/c1-5-12(15)14(21(17,18-3)19-4)10-8-7-9-11(14)13(16)20-6-2/h9,12,15H,5-8,10H2,1-4H3. The second kappa shape index (κ2) is 7.54. The maximum atomic E-state index is 13.1. The number of rotatable bonds is 7. The van der Waals surface area contributed by atoms with Gasteiger partial charge in [-0.3, -0.25) is 4.57 Å². The quantitative estimate of drug-likeness (QED) is 0.573. The van der Waals surface area contributed by atoms with Crippen molar-refractivity contribution in [2.45, 2.75) is 50.8 Å². The molecule has 1 aliphatic carbocycles. The van der Waals surface area contributed by atoms with Crippen molar-refractivity contribution in [1.82, 2.24) is 0 Å². The van der Waals surface area contributed by atoms with E-state index in [2.05, 4.69) is 0 Å². The molecule has 0 saturated carbocycles. The van der Waals surface area contributed by atoms with Crippen LogP contribution in [0, 0.1) is 0 Å². The molecule has 0 aromatic carbocycles. The van der Waals surface area contributed by atoms with Crippen LogP contribution in [0.25, 0.3) is 0 Å². The Kier molecular flexibility index (Phi) is 6.60. The number of aliphatic hydroxyl groups is 1. The predicted octanol–water partition coefficient (Wildman–Crippen LogP) is 2.66. The van der Waals surface area contributed by atoms with Crippen molar-refractivity contribution >= 4 is 13.6 Å². The van der Waals surface area contributed by atoms with Gasteiger partial charge in [-0.15, -0.1) is 0 Å². The van der Waals surface area contributed by atoms with Crippen molar-refractivity contribution in [2.24, 2.45) is 0 Å². The topological polar surface area (TPSA) is 82.1 Å². The first-order chi connectivity index (χ1) is 9.93. The Bertz CT molecular complexity index is 439. The molecule has 1 rings (SSSR count). The summed E-state index contributed by atoms with van der Waals surface area (Å²) < 4.78 is 28.4. The van der Waals surface area contributed by atoms with E-state index in [1.54, 1.807) is 19.9 Å². The molecule has 1 N–H and O–H groups in total. The van der Waals surface area contributed by atoms with Crippen LogP contribution in [0.1, 0.15) is 39.5 Å². The van der Waals surface area contributed by atoms with Gasteiger partial charge >= 0.3 is 13.6 Å². The number of carbonyl (C=O) groups excluding carboxylic acids is 1. The van der Waals surface area contributed by atoms with Gasteiger partial charge in [-0.2, -0.15) is 0 Å². The van der Waals surface area contributed by atoms with Crippen LogP contribution in [0.3, 0.4) is 0 Å². The number of allylic oxidation sites excluding steroid dienone is 1. The molecular formula is C14H25O6P. The van der Waals surface area contributed by atoms with Crippen molar-refractivity contribution in [3.8, 4) is 0 Å². The summed E-state index contributed by atoms with van der Waals surface area (Å²) >= 11 is 0. The highest BCUT2D eigenvalue weighted by Crippen LogP contribution is 2.66. The monoisotopic (exact) mass is 320 g/mol. The summed E-state index contributed by atoms with van der Waals surface area (Å²) in [6.07, 6.45) is 2.71. The van der Waals surface area contributed by atoms with Gasteiger partial charge in [0.1, 0.15) is 5.16 Å². The van der Waals surface area contributed by atoms with Crippen molar-refractivity contribution in [3.05, 3.63) is 11.6 Å². The third-order valence-electron chi connectivity index (χ3n) is 3.98. The van der Waals surface area contributed by atoms with Crippen LogP contribution < -0.4 is 0 Å². The maximum absolute atomic E-state index is 13.1. The molecular weight excluding hydrogens is 295 g/mol. The van der Waals surface area contributed by atoms with Crippen LogP contribution in [0.5, 0.6) is 0 Å². The minimum Gasteiger partial charge on any atom is -0.463 e. The van der Waals surface area contributed by atoms with E-state index in [0.29, 0.717) is 25.7 Å². The van der Waals surface area contributed by atoms with Gasteiger partial charge in [-0.25, -0.2) is 4.79 Å². The van der Waals surface area contributed by atoms with Gasteiger partial charge in [0.25, 0.3) is 0 Å². The molecule has 0 amide bonds. The molecule has 0 spiro atoms. The van der Waals surface area contributed by atoms with Gasteiger partial charge in [-0.1, -0.05) is 13.0 Å².